The summed E-state index contributed by atoms with van der Waals surface area (Å²) in [4.78, 5) is 4.89. The second-order valence-corrected chi connectivity index (χ2v) is 8.02. The van der Waals surface area contributed by atoms with Crippen LogP contribution in [0.2, 0.25) is 0 Å². The van der Waals surface area contributed by atoms with E-state index in [2.05, 4.69) is 51.8 Å². The van der Waals surface area contributed by atoms with Gasteiger partial charge in [-0.2, -0.15) is 0 Å². The summed E-state index contributed by atoms with van der Waals surface area (Å²) in [6.07, 6.45) is 6.79. The molecule has 4 heteroatoms. The molecular weight excluding hydrogens is 310 g/mol. The second-order valence-electron chi connectivity index (χ2n) is 8.02. The van der Waals surface area contributed by atoms with Gasteiger partial charge in [-0.3, -0.25) is 4.90 Å². The highest BCUT2D eigenvalue weighted by atomic mass is 16.3. The quantitative estimate of drug-likeness (QED) is 0.907. The summed E-state index contributed by atoms with van der Waals surface area (Å²) in [5, 5.41) is 12.4. The number of benzene rings is 1. The van der Waals surface area contributed by atoms with E-state index < -0.39 is 5.60 Å². The van der Waals surface area contributed by atoms with Crippen molar-refractivity contribution in [2.75, 3.05) is 32.7 Å². The number of fused-ring (bicyclic) bond motifs is 1. The smallest absolute Gasteiger partial charge is 0.0900 e. The molecule has 4 nitrogen and oxygen atoms in total. The van der Waals surface area contributed by atoms with Gasteiger partial charge in [-0.15, -0.1) is 0 Å². The van der Waals surface area contributed by atoms with Crippen molar-refractivity contribution in [3.05, 3.63) is 36.0 Å². The number of hydrogen-bond acceptors (Lipinski definition) is 3. The van der Waals surface area contributed by atoms with Gasteiger partial charge in [0.15, 0.2) is 0 Å². The molecule has 0 spiro atoms. The maximum Gasteiger partial charge on any atom is 0.0900 e. The molecule has 2 fully saturated rings. The molecule has 2 aliphatic heterocycles. The molecule has 1 N–H and O–H groups in total. The first-order valence-corrected chi connectivity index (χ1v) is 9.90. The van der Waals surface area contributed by atoms with Crippen LogP contribution in [0.25, 0.3) is 10.9 Å². The van der Waals surface area contributed by atoms with Crippen molar-refractivity contribution in [3.63, 3.8) is 0 Å². The van der Waals surface area contributed by atoms with Crippen LogP contribution >= 0.6 is 0 Å². The molecule has 2 saturated heterocycles. The molecule has 1 aromatic carbocycles. The summed E-state index contributed by atoms with van der Waals surface area (Å²) in [6, 6.07) is 9.00. The van der Waals surface area contributed by atoms with E-state index in [-0.39, 0.29) is 0 Å². The summed E-state index contributed by atoms with van der Waals surface area (Å²) in [6.45, 7) is 9.20. The Morgan fingerprint density at radius 2 is 1.84 bits per heavy atom. The van der Waals surface area contributed by atoms with Gasteiger partial charge >= 0.3 is 0 Å². The van der Waals surface area contributed by atoms with Gasteiger partial charge < -0.3 is 14.6 Å². The minimum Gasteiger partial charge on any atom is -0.387 e. The number of piperidine rings is 1. The summed E-state index contributed by atoms with van der Waals surface area (Å²) >= 11 is 0. The first-order valence-electron chi connectivity index (χ1n) is 9.90. The van der Waals surface area contributed by atoms with Crippen LogP contribution in [0.1, 0.15) is 38.2 Å². The molecule has 4 rings (SSSR count). The van der Waals surface area contributed by atoms with Crippen LogP contribution in [0.15, 0.2) is 30.5 Å². The zero-order chi connectivity index (χ0) is 17.3. The summed E-state index contributed by atoms with van der Waals surface area (Å²) < 4.78 is 2.30. The number of aliphatic hydroxyl groups is 1. The first kappa shape index (κ1) is 17.1. The third-order valence-corrected chi connectivity index (χ3v) is 5.94. The van der Waals surface area contributed by atoms with Gasteiger partial charge in [-0.1, -0.05) is 12.1 Å². The van der Waals surface area contributed by atoms with Crippen molar-refractivity contribution in [3.8, 4) is 0 Å². The van der Waals surface area contributed by atoms with E-state index in [1.165, 1.54) is 29.3 Å². The lowest BCUT2D eigenvalue weighted by atomic mass is 9.92. The standard InChI is InChI=1S/C21H31N3O/c1-2-24-13-8-19-7-6-18(14-20(19)24)15-23-12-5-9-21(25,17-23)16-22-10-3-4-11-22/h6-8,13-14,25H,2-5,9-12,15-17H2,1H3. The zero-order valence-corrected chi connectivity index (χ0v) is 15.5. The molecule has 2 aromatic rings. The Kier molecular flexibility index (Phi) is 4.85. The minimum absolute atomic E-state index is 0.531. The van der Waals surface area contributed by atoms with Gasteiger partial charge in [0.1, 0.15) is 0 Å². The molecule has 0 saturated carbocycles. The van der Waals surface area contributed by atoms with Crippen molar-refractivity contribution in [1.29, 1.82) is 0 Å². The van der Waals surface area contributed by atoms with Gasteiger partial charge in [-0.25, -0.2) is 0 Å². The van der Waals surface area contributed by atoms with Crippen molar-refractivity contribution in [2.45, 2.75) is 51.3 Å². The van der Waals surface area contributed by atoms with E-state index in [1.807, 2.05) is 0 Å². The van der Waals surface area contributed by atoms with E-state index in [0.717, 1.165) is 58.7 Å². The van der Waals surface area contributed by atoms with Crippen molar-refractivity contribution >= 4 is 10.9 Å². The second kappa shape index (κ2) is 7.10. The van der Waals surface area contributed by atoms with Gasteiger partial charge in [0.2, 0.25) is 0 Å². The summed E-state index contributed by atoms with van der Waals surface area (Å²) in [7, 11) is 0. The number of aromatic nitrogens is 1. The Morgan fingerprint density at radius 1 is 1.04 bits per heavy atom. The predicted octanol–water partition coefficient (Wildman–Crippen LogP) is 3.08. The van der Waals surface area contributed by atoms with Crippen molar-refractivity contribution in [1.82, 2.24) is 14.4 Å². The van der Waals surface area contributed by atoms with Crippen LogP contribution in [0.4, 0.5) is 0 Å². The maximum absolute atomic E-state index is 11.1. The van der Waals surface area contributed by atoms with Gasteiger partial charge in [0, 0.05) is 37.9 Å². The molecular formula is C21H31N3O. The number of rotatable bonds is 5. The fourth-order valence-electron chi connectivity index (χ4n) is 4.69. The normalized spacial score (nSPS) is 25.8. The fraction of sp³-hybridized carbons (Fsp3) is 0.619. The van der Waals surface area contributed by atoms with E-state index in [9.17, 15) is 5.11 Å². The lowest BCUT2D eigenvalue weighted by molar-refractivity contribution is -0.0519. The molecule has 0 amide bonds. The number of β-amino-alcohol motifs (C(OH)–C–C–N with tert-alkyl or cyclic N) is 1. The highest BCUT2D eigenvalue weighted by molar-refractivity contribution is 5.80. The Labute approximate surface area is 151 Å². The van der Waals surface area contributed by atoms with Crippen molar-refractivity contribution in [2.24, 2.45) is 0 Å². The average Bonchev–Trinajstić information content (AvgIpc) is 3.23. The summed E-state index contributed by atoms with van der Waals surface area (Å²) in [5.41, 5.74) is 2.15. The molecule has 0 aliphatic carbocycles. The largest absolute Gasteiger partial charge is 0.387 e. The molecule has 1 unspecified atom stereocenters. The molecule has 1 atom stereocenters. The number of likely N-dealkylation sites (tertiary alicyclic amines) is 2. The van der Waals surface area contributed by atoms with E-state index in [1.54, 1.807) is 0 Å². The summed E-state index contributed by atoms with van der Waals surface area (Å²) in [5.74, 6) is 0. The van der Waals surface area contributed by atoms with E-state index in [4.69, 9.17) is 0 Å². The van der Waals surface area contributed by atoms with Crippen LogP contribution in [-0.2, 0) is 13.1 Å². The van der Waals surface area contributed by atoms with Crippen LogP contribution < -0.4 is 0 Å². The molecule has 0 bridgehead atoms. The third kappa shape index (κ3) is 3.76. The zero-order valence-electron chi connectivity index (χ0n) is 15.5. The molecule has 2 aliphatic rings. The Balaban J connectivity index is 1.44. The Morgan fingerprint density at radius 3 is 2.64 bits per heavy atom. The SMILES string of the molecule is CCn1ccc2ccc(CN3CCCC(O)(CN4CCCC4)C3)cc21. The van der Waals surface area contributed by atoms with Crippen molar-refractivity contribution < 1.29 is 5.11 Å². The lowest BCUT2D eigenvalue weighted by Gasteiger charge is -2.41. The van der Waals surface area contributed by atoms with E-state index >= 15 is 0 Å². The van der Waals surface area contributed by atoms with Gasteiger partial charge in [-0.05, 0) is 75.3 Å². The molecule has 3 heterocycles. The monoisotopic (exact) mass is 341 g/mol. The Hall–Kier alpha value is -1.36. The third-order valence-electron chi connectivity index (χ3n) is 5.94. The molecule has 25 heavy (non-hydrogen) atoms. The highest BCUT2D eigenvalue weighted by Crippen LogP contribution is 2.26. The van der Waals surface area contributed by atoms with E-state index in [0.29, 0.717) is 0 Å². The molecule has 136 valence electrons. The maximum atomic E-state index is 11.1. The minimum atomic E-state index is -0.531. The number of hydrogen-bond donors (Lipinski definition) is 1. The fourth-order valence-corrected chi connectivity index (χ4v) is 4.69. The molecule has 1 aromatic heterocycles. The van der Waals surface area contributed by atoms with Crippen LogP contribution in [0.5, 0.6) is 0 Å². The lowest BCUT2D eigenvalue weighted by Crippen LogP contribution is -2.53. The molecule has 0 radical (unpaired) electrons. The predicted molar refractivity (Wildman–Crippen MR) is 103 cm³/mol. The first-order chi connectivity index (χ1) is 12.1. The van der Waals surface area contributed by atoms with Crippen LogP contribution in [0, 0.1) is 0 Å². The highest BCUT2D eigenvalue weighted by Gasteiger charge is 2.35. The van der Waals surface area contributed by atoms with Gasteiger partial charge in [0.05, 0.1) is 5.60 Å². The average molecular weight is 341 g/mol. The number of aryl methyl sites for hydroxylation is 1. The Bertz CT molecular complexity index is 719. The van der Waals surface area contributed by atoms with Crippen LogP contribution in [-0.4, -0.2) is 57.8 Å². The van der Waals surface area contributed by atoms with Crippen LogP contribution in [0.3, 0.4) is 0 Å². The topological polar surface area (TPSA) is 31.6 Å². The van der Waals surface area contributed by atoms with Gasteiger partial charge in [0.25, 0.3) is 0 Å². The number of nitrogens with zero attached hydrogens (tertiary/aromatic N) is 3.